The third kappa shape index (κ3) is 5.23. The number of carbonyl (C=O) groups excluding carboxylic acids is 1. The van der Waals surface area contributed by atoms with Gasteiger partial charge in [0.15, 0.2) is 0 Å². The molecule has 0 N–H and O–H groups in total. The topological polar surface area (TPSA) is 82.2 Å². The van der Waals surface area contributed by atoms with Crippen molar-refractivity contribution in [1.82, 2.24) is 24.0 Å². The van der Waals surface area contributed by atoms with Crippen LogP contribution in [0.15, 0.2) is 126 Å². The molecule has 0 bridgehead atoms. The van der Waals surface area contributed by atoms with Gasteiger partial charge in [-0.05, 0) is 65.1 Å². The molecule has 0 atom stereocenters. The van der Waals surface area contributed by atoms with Gasteiger partial charge in [0.1, 0.15) is 6.61 Å². The van der Waals surface area contributed by atoms with Crippen molar-refractivity contribution in [3.05, 3.63) is 143 Å². The van der Waals surface area contributed by atoms with E-state index in [-0.39, 0.29) is 18.4 Å². The standard InChI is InChI=1S/C39H31N5O3/c1-42-36-24-41-35-16-13-29(31-21-30-9-5-6-10-34(30)40-23-31)22-33(35)37(36)44(38(42)45)32-14-11-27(12-15-32)28-17-19-43(20-18-28)39(46)47-25-26-7-3-2-4-8-26/h2-17,21-24H,18-20,25H2,1H3. The molecule has 47 heavy (non-hydrogen) atoms. The van der Waals surface area contributed by atoms with Crippen LogP contribution in [0.5, 0.6) is 0 Å². The van der Waals surface area contributed by atoms with Gasteiger partial charge in [-0.3, -0.25) is 19.1 Å². The first-order chi connectivity index (χ1) is 23.0. The lowest BCUT2D eigenvalue weighted by atomic mass is 9.99. The zero-order valence-electron chi connectivity index (χ0n) is 25.8. The lowest BCUT2D eigenvalue weighted by Gasteiger charge is -2.26. The van der Waals surface area contributed by atoms with Crippen LogP contribution in [0, 0.1) is 0 Å². The Labute approximate surface area is 270 Å². The summed E-state index contributed by atoms with van der Waals surface area (Å²) in [6, 6.07) is 34.1. The van der Waals surface area contributed by atoms with E-state index in [9.17, 15) is 9.59 Å². The van der Waals surface area contributed by atoms with Crippen molar-refractivity contribution < 1.29 is 9.53 Å². The third-order valence-electron chi connectivity index (χ3n) is 8.98. The van der Waals surface area contributed by atoms with Gasteiger partial charge >= 0.3 is 11.8 Å². The Kier molecular flexibility index (Phi) is 7.10. The maximum atomic E-state index is 13.7. The van der Waals surface area contributed by atoms with E-state index < -0.39 is 0 Å². The molecule has 0 radical (unpaired) electrons. The summed E-state index contributed by atoms with van der Waals surface area (Å²) in [6.07, 6.45) is 6.15. The Bertz CT molecular complexity index is 2390. The van der Waals surface area contributed by atoms with E-state index >= 15 is 0 Å². The smallest absolute Gasteiger partial charge is 0.410 e. The van der Waals surface area contributed by atoms with Crippen LogP contribution in [0.2, 0.25) is 0 Å². The number of hydrogen-bond acceptors (Lipinski definition) is 5. The second-order valence-corrected chi connectivity index (χ2v) is 11.8. The highest BCUT2D eigenvalue weighted by Crippen LogP contribution is 2.31. The second kappa shape index (κ2) is 11.7. The average molecular weight is 618 g/mol. The fourth-order valence-corrected chi connectivity index (χ4v) is 6.38. The molecule has 0 fully saturated rings. The number of aromatic nitrogens is 4. The van der Waals surface area contributed by atoms with Gasteiger partial charge in [-0.1, -0.05) is 72.8 Å². The van der Waals surface area contributed by atoms with Crippen molar-refractivity contribution in [1.29, 1.82) is 0 Å². The summed E-state index contributed by atoms with van der Waals surface area (Å²) in [6.45, 7) is 1.33. The van der Waals surface area contributed by atoms with E-state index in [4.69, 9.17) is 9.72 Å². The van der Waals surface area contributed by atoms with E-state index in [1.165, 1.54) is 0 Å². The largest absolute Gasteiger partial charge is 0.445 e. The molecular formula is C39H31N5O3. The maximum Gasteiger partial charge on any atom is 0.410 e. The first-order valence-electron chi connectivity index (χ1n) is 15.6. The minimum absolute atomic E-state index is 0.138. The number of para-hydroxylation sites is 1. The van der Waals surface area contributed by atoms with Crippen molar-refractivity contribution in [2.24, 2.45) is 7.05 Å². The fraction of sp³-hybridized carbons (Fsp3) is 0.128. The number of carbonyl (C=O) groups is 1. The summed E-state index contributed by atoms with van der Waals surface area (Å²) >= 11 is 0. The van der Waals surface area contributed by atoms with E-state index in [2.05, 4.69) is 35.3 Å². The zero-order chi connectivity index (χ0) is 31.9. The van der Waals surface area contributed by atoms with Crippen LogP contribution in [0.3, 0.4) is 0 Å². The lowest BCUT2D eigenvalue weighted by molar-refractivity contribution is 0.0998. The highest BCUT2D eigenvalue weighted by Gasteiger charge is 2.20. The number of nitrogens with zero attached hydrogens (tertiary/aromatic N) is 5. The number of ether oxygens (including phenoxy) is 1. The summed E-state index contributed by atoms with van der Waals surface area (Å²) < 4.78 is 8.93. The van der Waals surface area contributed by atoms with Crippen LogP contribution in [0.4, 0.5) is 4.79 Å². The van der Waals surface area contributed by atoms with Gasteiger partial charge in [0.05, 0.1) is 34.0 Å². The predicted molar refractivity (Wildman–Crippen MR) is 185 cm³/mol. The molecule has 7 aromatic rings. The molecule has 3 aromatic heterocycles. The molecule has 0 aliphatic carbocycles. The molecule has 0 spiro atoms. The molecule has 1 aliphatic rings. The highest BCUT2D eigenvalue weighted by molar-refractivity contribution is 6.05. The second-order valence-electron chi connectivity index (χ2n) is 11.8. The molecule has 4 aromatic carbocycles. The van der Waals surface area contributed by atoms with Gasteiger partial charge in [0, 0.05) is 42.7 Å². The Morgan fingerprint density at radius 1 is 0.809 bits per heavy atom. The number of fused-ring (bicyclic) bond motifs is 4. The molecule has 0 saturated heterocycles. The Hall–Kier alpha value is -6.02. The molecule has 8 heteroatoms. The normalized spacial score (nSPS) is 13.3. The Balaban J connectivity index is 1.09. The maximum absolute atomic E-state index is 13.7. The van der Waals surface area contributed by atoms with Crippen molar-refractivity contribution in [3.63, 3.8) is 0 Å². The van der Waals surface area contributed by atoms with E-state index in [0.29, 0.717) is 13.1 Å². The Morgan fingerprint density at radius 2 is 1.57 bits per heavy atom. The van der Waals surface area contributed by atoms with Gasteiger partial charge in [-0.2, -0.15) is 0 Å². The number of aryl methyl sites for hydroxylation is 1. The third-order valence-corrected chi connectivity index (χ3v) is 8.98. The molecule has 0 unspecified atom stereocenters. The molecule has 1 amide bonds. The van der Waals surface area contributed by atoms with Crippen LogP contribution in [0.25, 0.3) is 55.2 Å². The molecule has 8 nitrogen and oxygen atoms in total. The molecular weight excluding hydrogens is 586 g/mol. The summed E-state index contributed by atoms with van der Waals surface area (Å²) in [5.41, 5.74) is 9.17. The molecule has 4 heterocycles. The van der Waals surface area contributed by atoms with Gasteiger partial charge in [-0.25, -0.2) is 9.59 Å². The predicted octanol–water partition coefficient (Wildman–Crippen LogP) is 7.52. The van der Waals surface area contributed by atoms with Crippen LogP contribution >= 0.6 is 0 Å². The van der Waals surface area contributed by atoms with Crippen LogP contribution in [-0.4, -0.2) is 43.2 Å². The van der Waals surface area contributed by atoms with Gasteiger partial charge in [0.2, 0.25) is 0 Å². The molecule has 1 aliphatic heterocycles. The van der Waals surface area contributed by atoms with Crippen molar-refractivity contribution in [3.8, 4) is 16.8 Å². The number of hydrogen-bond donors (Lipinski definition) is 0. The van der Waals surface area contributed by atoms with Crippen LogP contribution in [-0.2, 0) is 18.4 Å². The first-order valence-corrected chi connectivity index (χ1v) is 15.6. The van der Waals surface area contributed by atoms with Crippen LogP contribution < -0.4 is 5.69 Å². The number of amides is 1. The van der Waals surface area contributed by atoms with Crippen molar-refractivity contribution >= 4 is 44.5 Å². The van der Waals surface area contributed by atoms with Crippen LogP contribution in [0.1, 0.15) is 17.5 Å². The van der Waals surface area contributed by atoms with Gasteiger partial charge < -0.3 is 9.64 Å². The number of imidazole rings is 1. The first kappa shape index (κ1) is 28.5. The number of pyridine rings is 2. The van der Waals surface area contributed by atoms with Gasteiger partial charge in [-0.15, -0.1) is 0 Å². The molecule has 8 rings (SSSR count). The fourth-order valence-electron chi connectivity index (χ4n) is 6.38. The lowest BCUT2D eigenvalue weighted by Crippen LogP contribution is -2.35. The zero-order valence-corrected chi connectivity index (χ0v) is 25.8. The minimum Gasteiger partial charge on any atom is -0.445 e. The Morgan fingerprint density at radius 3 is 2.38 bits per heavy atom. The minimum atomic E-state index is -0.309. The van der Waals surface area contributed by atoms with E-state index in [1.54, 1.807) is 27.3 Å². The highest BCUT2D eigenvalue weighted by atomic mass is 16.6. The van der Waals surface area contributed by atoms with E-state index in [0.717, 1.165) is 72.8 Å². The quantitative estimate of drug-likeness (QED) is 0.200. The monoisotopic (exact) mass is 617 g/mol. The van der Waals surface area contributed by atoms with E-state index in [1.807, 2.05) is 85.1 Å². The van der Waals surface area contributed by atoms with Crippen molar-refractivity contribution in [2.45, 2.75) is 13.0 Å². The summed E-state index contributed by atoms with van der Waals surface area (Å²) in [7, 11) is 1.78. The molecule has 0 saturated carbocycles. The molecule has 230 valence electrons. The summed E-state index contributed by atoms with van der Waals surface area (Å²) in [5, 5.41) is 1.96. The van der Waals surface area contributed by atoms with Crippen molar-refractivity contribution in [2.75, 3.05) is 13.1 Å². The number of rotatable bonds is 5. The number of benzene rings is 4. The SMILES string of the molecule is Cn1c(=O)n(-c2ccc(C3=CCN(C(=O)OCc4ccccc4)CC3)cc2)c2c3cc(-c4cnc5ccccc5c4)ccc3ncc21. The van der Waals surface area contributed by atoms with Gasteiger partial charge in [0.25, 0.3) is 0 Å². The average Bonchev–Trinajstić information content (AvgIpc) is 3.40. The summed E-state index contributed by atoms with van der Waals surface area (Å²) in [4.78, 5) is 37.4. The summed E-state index contributed by atoms with van der Waals surface area (Å²) in [5.74, 6) is 0.